The highest BCUT2D eigenvalue weighted by Gasteiger charge is 2.28. The topological polar surface area (TPSA) is 80.5 Å². The fourth-order valence-corrected chi connectivity index (χ4v) is 3.27. The summed E-state index contributed by atoms with van der Waals surface area (Å²) in [4.78, 5) is 10.9. The lowest BCUT2D eigenvalue weighted by molar-refractivity contribution is -0.116. The molecule has 2 N–H and O–H groups in total. The Bertz CT molecular complexity index is 792. The predicted octanol–water partition coefficient (Wildman–Crippen LogP) is 1.65. The van der Waals surface area contributed by atoms with Gasteiger partial charge in [0.15, 0.2) is 0 Å². The van der Waals surface area contributed by atoms with Gasteiger partial charge in [-0.25, -0.2) is 17.2 Å². The van der Waals surface area contributed by atoms with Crippen LogP contribution in [0, 0.1) is 11.6 Å². The molecule has 0 radical (unpaired) electrons. The zero-order valence-corrected chi connectivity index (χ0v) is 12.1. The number of nitrogens with zero attached hydrogens (tertiary/aromatic N) is 1. The van der Waals surface area contributed by atoms with E-state index in [1.807, 2.05) is 0 Å². The van der Waals surface area contributed by atoms with Gasteiger partial charge in [0.2, 0.25) is 5.91 Å². The second kappa shape index (κ2) is 6.10. The molecule has 2 aromatic rings. The molecule has 0 fully saturated rings. The summed E-state index contributed by atoms with van der Waals surface area (Å²) in [5.74, 6) is -2.39. The van der Waals surface area contributed by atoms with E-state index in [1.54, 1.807) is 0 Å². The first-order valence-corrected chi connectivity index (χ1v) is 7.57. The zero-order valence-electron chi connectivity index (χ0n) is 11.2. The molecular formula is C14H12F2N2O3S. The number of hydrogen-bond acceptors (Lipinski definition) is 3. The van der Waals surface area contributed by atoms with E-state index in [4.69, 9.17) is 5.73 Å². The van der Waals surface area contributed by atoms with Crippen LogP contribution >= 0.6 is 0 Å². The lowest BCUT2D eigenvalue weighted by atomic mass is 10.3. The van der Waals surface area contributed by atoms with E-state index >= 15 is 0 Å². The molecule has 22 heavy (non-hydrogen) atoms. The molecule has 0 unspecified atom stereocenters. The van der Waals surface area contributed by atoms with Gasteiger partial charge in [-0.2, -0.15) is 0 Å². The van der Waals surface area contributed by atoms with Gasteiger partial charge in [0.1, 0.15) is 18.2 Å². The molecule has 0 heterocycles. The van der Waals surface area contributed by atoms with Crippen LogP contribution in [0.1, 0.15) is 0 Å². The van der Waals surface area contributed by atoms with Crippen LogP contribution in [0.4, 0.5) is 14.5 Å². The maximum absolute atomic E-state index is 13.9. The monoisotopic (exact) mass is 326 g/mol. The number of halogens is 2. The Morgan fingerprint density at radius 2 is 1.64 bits per heavy atom. The van der Waals surface area contributed by atoms with Gasteiger partial charge in [-0.05, 0) is 36.4 Å². The number of primary amides is 1. The minimum Gasteiger partial charge on any atom is -0.368 e. The second-order valence-corrected chi connectivity index (χ2v) is 6.25. The summed E-state index contributed by atoms with van der Waals surface area (Å²) in [7, 11) is -4.26. The van der Waals surface area contributed by atoms with E-state index in [9.17, 15) is 22.0 Å². The predicted molar refractivity (Wildman–Crippen MR) is 76.5 cm³/mol. The van der Waals surface area contributed by atoms with Gasteiger partial charge in [0, 0.05) is 0 Å². The van der Waals surface area contributed by atoms with Crippen molar-refractivity contribution in [2.24, 2.45) is 5.73 Å². The smallest absolute Gasteiger partial charge is 0.264 e. The summed E-state index contributed by atoms with van der Waals surface area (Å²) in [6.07, 6.45) is 0. The highest BCUT2D eigenvalue weighted by atomic mass is 32.2. The molecule has 0 atom stereocenters. The van der Waals surface area contributed by atoms with Crippen molar-refractivity contribution in [1.82, 2.24) is 0 Å². The van der Waals surface area contributed by atoms with Crippen molar-refractivity contribution in [3.05, 3.63) is 60.2 Å². The molecule has 8 heteroatoms. The Kier molecular flexibility index (Phi) is 4.41. The number of anilines is 1. The van der Waals surface area contributed by atoms with E-state index in [2.05, 4.69) is 0 Å². The molecule has 0 saturated heterocycles. The Hall–Kier alpha value is -2.48. The number of para-hydroxylation sites is 1. The molecule has 0 saturated carbocycles. The van der Waals surface area contributed by atoms with Crippen molar-refractivity contribution in [2.45, 2.75) is 4.90 Å². The average molecular weight is 326 g/mol. The van der Waals surface area contributed by atoms with Gasteiger partial charge in [-0.1, -0.05) is 12.1 Å². The number of sulfonamides is 1. The van der Waals surface area contributed by atoms with E-state index in [0.717, 1.165) is 30.3 Å². The summed E-state index contributed by atoms with van der Waals surface area (Å²) < 4.78 is 52.5. The summed E-state index contributed by atoms with van der Waals surface area (Å²) in [6, 6.07) is 9.04. The van der Waals surface area contributed by atoms with E-state index in [-0.39, 0.29) is 10.6 Å². The molecule has 0 aliphatic carbocycles. The minimum atomic E-state index is -4.26. The van der Waals surface area contributed by atoms with Gasteiger partial charge in [0.25, 0.3) is 10.0 Å². The van der Waals surface area contributed by atoms with Gasteiger partial charge in [-0.3, -0.25) is 9.10 Å². The van der Waals surface area contributed by atoms with Crippen LogP contribution in [0.5, 0.6) is 0 Å². The van der Waals surface area contributed by atoms with Crippen molar-refractivity contribution in [2.75, 3.05) is 10.8 Å². The third-order valence-electron chi connectivity index (χ3n) is 2.82. The molecule has 116 valence electrons. The summed E-state index contributed by atoms with van der Waals surface area (Å²) in [6.45, 7) is -0.735. The van der Waals surface area contributed by atoms with Crippen LogP contribution in [0.2, 0.25) is 0 Å². The highest BCUT2D eigenvalue weighted by Crippen LogP contribution is 2.26. The first-order chi connectivity index (χ1) is 10.3. The first-order valence-electron chi connectivity index (χ1n) is 6.13. The number of amides is 1. The van der Waals surface area contributed by atoms with Crippen molar-refractivity contribution in [3.63, 3.8) is 0 Å². The van der Waals surface area contributed by atoms with Crippen LogP contribution in [0.15, 0.2) is 53.4 Å². The average Bonchev–Trinajstić information content (AvgIpc) is 2.46. The van der Waals surface area contributed by atoms with E-state index in [1.165, 1.54) is 18.2 Å². The first kappa shape index (κ1) is 15.9. The fraction of sp³-hybridized carbons (Fsp3) is 0.0714. The van der Waals surface area contributed by atoms with Crippen LogP contribution in [-0.4, -0.2) is 20.9 Å². The van der Waals surface area contributed by atoms with Gasteiger partial charge in [0.05, 0.1) is 10.6 Å². The van der Waals surface area contributed by atoms with Crippen molar-refractivity contribution in [3.8, 4) is 0 Å². The van der Waals surface area contributed by atoms with Crippen molar-refractivity contribution in [1.29, 1.82) is 0 Å². The SMILES string of the molecule is NC(=O)CN(c1ccccc1F)S(=O)(=O)c1ccc(F)cc1. The van der Waals surface area contributed by atoms with Crippen molar-refractivity contribution < 1.29 is 22.0 Å². The third-order valence-corrected chi connectivity index (χ3v) is 4.60. The quantitative estimate of drug-likeness (QED) is 0.907. The molecule has 5 nitrogen and oxygen atoms in total. The van der Waals surface area contributed by atoms with E-state index < -0.39 is 34.1 Å². The maximum Gasteiger partial charge on any atom is 0.264 e. The third kappa shape index (κ3) is 3.22. The Morgan fingerprint density at radius 3 is 2.18 bits per heavy atom. The van der Waals surface area contributed by atoms with Crippen LogP contribution in [0.3, 0.4) is 0 Å². The summed E-state index contributed by atoms with van der Waals surface area (Å²) in [5.41, 5.74) is 4.74. The summed E-state index contributed by atoms with van der Waals surface area (Å²) >= 11 is 0. The van der Waals surface area contributed by atoms with Gasteiger partial charge < -0.3 is 5.73 Å². The number of rotatable bonds is 5. The molecular weight excluding hydrogens is 314 g/mol. The molecule has 2 aromatic carbocycles. The number of hydrogen-bond donors (Lipinski definition) is 1. The number of benzene rings is 2. The second-order valence-electron chi connectivity index (χ2n) is 4.38. The Morgan fingerprint density at radius 1 is 1.05 bits per heavy atom. The molecule has 0 aliphatic heterocycles. The maximum atomic E-state index is 13.9. The molecule has 1 amide bonds. The molecule has 0 spiro atoms. The lowest BCUT2D eigenvalue weighted by Crippen LogP contribution is -2.39. The number of nitrogens with two attached hydrogens (primary N) is 1. The molecule has 0 aliphatic rings. The Labute approximate surface area is 126 Å². The van der Waals surface area contributed by atoms with Crippen LogP contribution in [-0.2, 0) is 14.8 Å². The normalized spacial score (nSPS) is 11.2. The minimum absolute atomic E-state index is 0.279. The van der Waals surface area contributed by atoms with Crippen molar-refractivity contribution >= 4 is 21.6 Å². The largest absolute Gasteiger partial charge is 0.368 e. The molecule has 0 bridgehead atoms. The summed E-state index contributed by atoms with van der Waals surface area (Å²) in [5, 5.41) is 0. The van der Waals surface area contributed by atoms with Gasteiger partial charge >= 0.3 is 0 Å². The Balaban J connectivity index is 2.56. The standard InChI is InChI=1S/C14H12F2N2O3S/c15-10-5-7-11(8-6-10)22(20,21)18(9-14(17)19)13-4-2-1-3-12(13)16/h1-8H,9H2,(H2,17,19). The van der Waals surface area contributed by atoms with Crippen LogP contribution < -0.4 is 10.0 Å². The van der Waals surface area contributed by atoms with E-state index in [0.29, 0.717) is 4.31 Å². The number of carbonyl (C=O) groups excluding carboxylic acids is 1. The zero-order chi connectivity index (χ0) is 16.3. The molecule has 2 rings (SSSR count). The highest BCUT2D eigenvalue weighted by molar-refractivity contribution is 7.92. The lowest BCUT2D eigenvalue weighted by Gasteiger charge is -2.23. The molecule has 0 aromatic heterocycles. The fourth-order valence-electron chi connectivity index (χ4n) is 1.83. The van der Waals surface area contributed by atoms with Crippen LogP contribution in [0.25, 0.3) is 0 Å². The van der Waals surface area contributed by atoms with Gasteiger partial charge in [-0.15, -0.1) is 0 Å². The number of carbonyl (C=O) groups is 1.